The van der Waals surface area contributed by atoms with Crippen LogP contribution in [0.4, 0.5) is 17.1 Å². The molecule has 0 atom stereocenters. The van der Waals surface area contributed by atoms with E-state index in [1.54, 1.807) is 30.3 Å². The van der Waals surface area contributed by atoms with Gasteiger partial charge in [-0.1, -0.05) is 109 Å². The predicted octanol–water partition coefficient (Wildman–Crippen LogP) is 12.9. The summed E-state index contributed by atoms with van der Waals surface area (Å²) in [4.78, 5) is 42.3. The summed E-state index contributed by atoms with van der Waals surface area (Å²) in [5.41, 5.74) is 10.8. The molecule has 0 saturated heterocycles. The van der Waals surface area contributed by atoms with Gasteiger partial charge in [0.2, 0.25) is 0 Å². The first-order valence-electron chi connectivity index (χ1n) is 23.0. The number of anilines is 3. The van der Waals surface area contributed by atoms with Crippen molar-refractivity contribution in [3.8, 4) is 5.75 Å². The van der Waals surface area contributed by atoms with E-state index in [0.29, 0.717) is 35.3 Å². The number of rotatable bonds is 15. The molecule has 0 amide bonds. The van der Waals surface area contributed by atoms with E-state index in [-0.39, 0.29) is 40.0 Å². The van der Waals surface area contributed by atoms with Crippen LogP contribution in [0.2, 0.25) is 0 Å². The van der Waals surface area contributed by atoms with Gasteiger partial charge in [0.05, 0.1) is 34.7 Å². The number of fused-ring (bicyclic) bond motifs is 2. The fraction of sp³-hybridized carbons (Fsp3) is 0.588. The minimum atomic E-state index is -0.548. The number of ketones is 2. The van der Waals surface area contributed by atoms with Crippen LogP contribution >= 0.6 is 0 Å². The second-order valence-electron chi connectivity index (χ2n) is 18.5. The van der Waals surface area contributed by atoms with Crippen molar-refractivity contribution in [1.82, 2.24) is 0 Å². The maximum atomic E-state index is 14.2. The zero-order chi connectivity index (χ0) is 40.8. The summed E-state index contributed by atoms with van der Waals surface area (Å²) >= 11 is 0. The third kappa shape index (κ3) is 9.50. The number of benzene rings is 3. The molecule has 58 heavy (non-hydrogen) atoms. The molecule has 0 heterocycles. The fourth-order valence-electron chi connectivity index (χ4n) is 10.9. The third-order valence-corrected chi connectivity index (χ3v) is 14.4. The second kappa shape index (κ2) is 19.3. The Morgan fingerprint density at radius 3 is 1.83 bits per heavy atom. The Morgan fingerprint density at radius 1 is 0.690 bits per heavy atom. The number of carbonyl (C=O) groups is 3. The summed E-state index contributed by atoms with van der Waals surface area (Å²) in [5, 5.41) is 3.44. The van der Waals surface area contributed by atoms with E-state index in [4.69, 9.17) is 15.2 Å². The van der Waals surface area contributed by atoms with E-state index in [1.807, 2.05) is 26.0 Å². The number of carbonyl (C=O) groups excluding carboxylic acids is 3. The van der Waals surface area contributed by atoms with Crippen LogP contribution in [0.3, 0.4) is 0 Å². The third-order valence-electron chi connectivity index (χ3n) is 14.4. The van der Waals surface area contributed by atoms with Crippen molar-refractivity contribution in [1.29, 1.82) is 0 Å². The van der Waals surface area contributed by atoms with Crippen molar-refractivity contribution in [2.75, 3.05) is 17.7 Å². The minimum absolute atomic E-state index is 0.00183. The van der Waals surface area contributed by atoms with Gasteiger partial charge in [-0.05, 0) is 124 Å². The molecule has 0 bridgehead atoms. The van der Waals surface area contributed by atoms with E-state index < -0.39 is 5.97 Å². The van der Waals surface area contributed by atoms with Crippen molar-refractivity contribution in [3.05, 3.63) is 81.4 Å². The average molecular weight is 789 g/mol. The summed E-state index contributed by atoms with van der Waals surface area (Å²) in [5.74, 6) is 3.48. The topological polar surface area (TPSA) is 108 Å². The molecule has 0 aliphatic heterocycles. The smallest absolute Gasteiger partial charge is 0.340 e. The van der Waals surface area contributed by atoms with Crippen LogP contribution in [-0.2, 0) is 4.74 Å². The molecule has 4 aliphatic rings. The Morgan fingerprint density at radius 2 is 1.22 bits per heavy atom. The van der Waals surface area contributed by atoms with Gasteiger partial charge in [-0.3, -0.25) is 9.59 Å². The number of ether oxygens (including phenoxy) is 2. The van der Waals surface area contributed by atoms with Crippen LogP contribution in [0.25, 0.3) is 0 Å². The lowest BCUT2D eigenvalue weighted by molar-refractivity contribution is 0.0110. The SMILES string of the molecule is CCCCCC1CCC(COc2c(C)cc(Nc3cc(C(=O)OC4CCC(C5CCC(CCCC)CC5)CC4)c(N)c4c3C(=O)c3ccccc3C4=O)cc2C)CC1. The van der Waals surface area contributed by atoms with E-state index in [9.17, 15) is 14.4 Å². The van der Waals surface area contributed by atoms with Crippen molar-refractivity contribution >= 4 is 34.6 Å². The summed E-state index contributed by atoms with van der Waals surface area (Å²) in [6, 6.07) is 12.5. The van der Waals surface area contributed by atoms with Gasteiger partial charge in [0.15, 0.2) is 11.6 Å². The number of esters is 1. The number of hydrogen-bond acceptors (Lipinski definition) is 7. The zero-order valence-corrected chi connectivity index (χ0v) is 35.8. The van der Waals surface area contributed by atoms with Crippen molar-refractivity contribution < 1.29 is 23.9 Å². The Hall–Kier alpha value is -4.13. The molecule has 0 unspecified atom stereocenters. The standard InChI is InChI=1S/C51H68N2O5/c1-5-7-9-13-35-16-18-36(19-17-35)31-57-50-32(3)28-39(29-33(50)4)53-44-30-43(47(52)46-45(44)48(54)41-14-10-11-15-42(41)49(46)55)51(56)58-40-26-24-38(25-27-40)37-22-20-34(21-23-37)12-8-6-2/h10-11,14-15,28-30,34-38,40,53H,5-9,12-13,16-27,31,52H2,1-4H3. The van der Waals surface area contributed by atoms with Gasteiger partial charge in [0.25, 0.3) is 0 Å². The lowest BCUT2D eigenvalue weighted by Crippen LogP contribution is -2.30. The van der Waals surface area contributed by atoms with Gasteiger partial charge in [-0.2, -0.15) is 0 Å². The van der Waals surface area contributed by atoms with Gasteiger partial charge in [0.1, 0.15) is 11.9 Å². The molecule has 0 aromatic heterocycles. The van der Waals surface area contributed by atoms with Crippen LogP contribution < -0.4 is 15.8 Å². The predicted molar refractivity (Wildman–Crippen MR) is 235 cm³/mol. The molecular weight excluding hydrogens is 721 g/mol. The van der Waals surface area contributed by atoms with Gasteiger partial charge in [-0.15, -0.1) is 0 Å². The summed E-state index contributed by atoms with van der Waals surface area (Å²) in [7, 11) is 0. The molecule has 7 nitrogen and oxygen atoms in total. The monoisotopic (exact) mass is 789 g/mol. The molecule has 4 aliphatic carbocycles. The van der Waals surface area contributed by atoms with E-state index >= 15 is 0 Å². The molecule has 7 rings (SSSR count). The highest BCUT2D eigenvalue weighted by molar-refractivity contribution is 6.32. The number of aryl methyl sites for hydroxylation is 2. The van der Waals surface area contributed by atoms with Crippen molar-refractivity contribution in [3.63, 3.8) is 0 Å². The second-order valence-corrected chi connectivity index (χ2v) is 18.5. The molecule has 0 spiro atoms. The van der Waals surface area contributed by atoms with Crippen LogP contribution in [0.5, 0.6) is 5.75 Å². The Labute approximate surface area is 347 Å². The molecule has 312 valence electrons. The quantitative estimate of drug-likeness (QED) is 0.0701. The first kappa shape index (κ1) is 42.0. The van der Waals surface area contributed by atoms with E-state index in [0.717, 1.165) is 66.0 Å². The van der Waals surface area contributed by atoms with Gasteiger partial charge < -0.3 is 20.5 Å². The number of unbranched alkanes of at least 4 members (excludes halogenated alkanes) is 3. The number of nitrogens with one attached hydrogen (secondary N) is 1. The van der Waals surface area contributed by atoms with E-state index in [2.05, 4.69) is 19.2 Å². The molecule has 3 N–H and O–H groups in total. The van der Waals surface area contributed by atoms with Crippen LogP contribution in [0.1, 0.15) is 189 Å². The number of nitrogens with two attached hydrogens (primary N) is 1. The molecule has 7 heteroatoms. The van der Waals surface area contributed by atoms with Gasteiger partial charge in [-0.25, -0.2) is 4.79 Å². The van der Waals surface area contributed by atoms with Crippen molar-refractivity contribution in [2.45, 2.75) is 156 Å². The highest BCUT2D eigenvalue weighted by Gasteiger charge is 2.37. The molecule has 0 radical (unpaired) electrons. The minimum Gasteiger partial charge on any atom is -0.493 e. The molecular formula is C51H68N2O5. The largest absolute Gasteiger partial charge is 0.493 e. The molecule has 3 aromatic carbocycles. The maximum Gasteiger partial charge on any atom is 0.340 e. The molecule has 3 saturated carbocycles. The first-order valence-corrected chi connectivity index (χ1v) is 23.0. The average Bonchev–Trinajstić information content (AvgIpc) is 3.23. The molecule has 3 fully saturated rings. The fourth-order valence-corrected chi connectivity index (χ4v) is 10.9. The lowest BCUT2D eigenvalue weighted by atomic mass is 9.70. The summed E-state index contributed by atoms with van der Waals surface area (Å²) in [6.45, 7) is 9.34. The zero-order valence-electron chi connectivity index (χ0n) is 35.8. The van der Waals surface area contributed by atoms with Gasteiger partial charge in [0, 0.05) is 16.8 Å². The maximum absolute atomic E-state index is 14.2. The van der Waals surface area contributed by atoms with Crippen LogP contribution in [-0.4, -0.2) is 30.2 Å². The summed E-state index contributed by atoms with van der Waals surface area (Å²) in [6.07, 6.45) is 23.3. The van der Waals surface area contributed by atoms with Crippen LogP contribution in [0.15, 0.2) is 42.5 Å². The highest BCUT2D eigenvalue weighted by Crippen LogP contribution is 2.43. The normalized spacial score (nSPS) is 24.5. The Bertz CT molecular complexity index is 1900. The van der Waals surface area contributed by atoms with E-state index in [1.165, 1.54) is 96.3 Å². The Balaban J connectivity index is 1.06. The number of hydrogen-bond donors (Lipinski definition) is 2. The Kier molecular flexibility index (Phi) is 14.0. The van der Waals surface area contributed by atoms with Crippen LogP contribution in [0, 0.1) is 43.4 Å². The highest BCUT2D eigenvalue weighted by atomic mass is 16.5. The van der Waals surface area contributed by atoms with Crippen molar-refractivity contribution in [2.24, 2.45) is 29.6 Å². The molecule has 3 aromatic rings. The summed E-state index contributed by atoms with van der Waals surface area (Å²) < 4.78 is 12.7. The number of nitrogen functional groups attached to an aromatic ring is 1. The van der Waals surface area contributed by atoms with Gasteiger partial charge >= 0.3 is 5.97 Å². The first-order chi connectivity index (χ1) is 28.1. The lowest BCUT2D eigenvalue weighted by Gasteiger charge is -2.37.